The van der Waals surface area contributed by atoms with E-state index in [1.54, 1.807) is 7.11 Å². The van der Waals surface area contributed by atoms with Crippen LogP contribution in [0, 0.1) is 0 Å². The van der Waals surface area contributed by atoms with Gasteiger partial charge in [0, 0.05) is 6.54 Å². The van der Waals surface area contributed by atoms with Crippen LogP contribution in [0.15, 0.2) is 36.0 Å². The lowest BCUT2D eigenvalue weighted by Crippen LogP contribution is -2.21. The number of ether oxygens (including phenoxy) is 3. The predicted molar refractivity (Wildman–Crippen MR) is 76.6 cm³/mol. The minimum Gasteiger partial charge on any atom is -0.497 e. The Bertz CT molecular complexity index is 507. The zero-order valence-corrected chi connectivity index (χ0v) is 12.3. The highest BCUT2D eigenvalue weighted by atomic mass is 16.5. The summed E-state index contributed by atoms with van der Waals surface area (Å²) in [5, 5.41) is 2.94. The molecule has 1 rings (SSSR count). The van der Waals surface area contributed by atoms with Crippen molar-refractivity contribution in [3.8, 4) is 5.75 Å². The quantitative estimate of drug-likeness (QED) is 0.605. The van der Waals surface area contributed by atoms with E-state index in [9.17, 15) is 9.59 Å². The first-order valence-corrected chi connectivity index (χ1v) is 6.32. The number of esters is 2. The Morgan fingerprint density at radius 3 is 2.29 bits per heavy atom. The number of carbonyl (C=O) groups excluding carboxylic acids is 2. The van der Waals surface area contributed by atoms with Crippen LogP contribution in [-0.2, 0) is 25.6 Å². The Morgan fingerprint density at radius 2 is 1.76 bits per heavy atom. The molecule has 0 amide bonds. The standard InChI is InChI=1S/C15H19NO5/c1-19-12-6-4-11(5-7-12)10-16-13(15(18)21-3)8-9-14(17)20-2/h4-8,16H,9-10H2,1-3H3. The summed E-state index contributed by atoms with van der Waals surface area (Å²) in [7, 11) is 4.17. The van der Waals surface area contributed by atoms with Crippen molar-refractivity contribution in [3.63, 3.8) is 0 Å². The molecule has 0 saturated heterocycles. The van der Waals surface area contributed by atoms with Gasteiger partial charge in [0.25, 0.3) is 0 Å². The van der Waals surface area contributed by atoms with E-state index in [1.807, 2.05) is 24.3 Å². The molecular formula is C15H19NO5. The molecule has 6 nitrogen and oxygen atoms in total. The number of carbonyl (C=O) groups is 2. The van der Waals surface area contributed by atoms with Gasteiger partial charge in [0.15, 0.2) is 0 Å². The summed E-state index contributed by atoms with van der Waals surface area (Å²) in [5.74, 6) is -0.205. The molecule has 21 heavy (non-hydrogen) atoms. The SMILES string of the molecule is COC(=O)CC=C(NCc1ccc(OC)cc1)C(=O)OC. The Labute approximate surface area is 123 Å². The third kappa shape index (κ3) is 5.56. The minimum atomic E-state index is -0.535. The molecule has 1 aromatic carbocycles. The average molecular weight is 293 g/mol. The van der Waals surface area contributed by atoms with Crippen LogP contribution in [0.25, 0.3) is 0 Å². The van der Waals surface area contributed by atoms with Crippen molar-refractivity contribution in [2.75, 3.05) is 21.3 Å². The summed E-state index contributed by atoms with van der Waals surface area (Å²) < 4.78 is 14.3. The molecule has 1 aromatic rings. The van der Waals surface area contributed by atoms with Crippen molar-refractivity contribution in [3.05, 3.63) is 41.6 Å². The Hall–Kier alpha value is -2.50. The molecule has 114 valence electrons. The summed E-state index contributed by atoms with van der Waals surface area (Å²) in [6.45, 7) is 0.423. The first-order chi connectivity index (χ1) is 10.1. The molecular weight excluding hydrogens is 274 g/mol. The van der Waals surface area contributed by atoms with Gasteiger partial charge < -0.3 is 19.5 Å². The minimum absolute atomic E-state index is 0.00343. The van der Waals surface area contributed by atoms with Crippen LogP contribution in [-0.4, -0.2) is 33.3 Å². The van der Waals surface area contributed by atoms with Crippen molar-refractivity contribution >= 4 is 11.9 Å². The fourth-order valence-electron chi connectivity index (χ4n) is 1.55. The van der Waals surface area contributed by atoms with E-state index in [0.29, 0.717) is 6.54 Å². The summed E-state index contributed by atoms with van der Waals surface area (Å²) in [6.07, 6.45) is 1.44. The zero-order valence-electron chi connectivity index (χ0n) is 12.3. The topological polar surface area (TPSA) is 73.9 Å². The average Bonchev–Trinajstić information content (AvgIpc) is 2.54. The molecule has 0 bridgehead atoms. The second-order valence-corrected chi connectivity index (χ2v) is 4.09. The number of methoxy groups -OCH3 is 3. The molecule has 0 aliphatic carbocycles. The lowest BCUT2D eigenvalue weighted by atomic mass is 10.2. The van der Waals surface area contributed by atoms with E-state index in [2.05, 4.69) is 14.8 Å². The van der Waals surface area contributed by atoms with E-state index in [4.69, 9.17) is 4.74 Å². The molecule has 0 radical (unpaired) electrons. The molecule has 0 aliphatic rings. The van der Waals surface area contributed by atoms with Crippen LogP contribution in [0.2, 0.25) is 0 Å². The molecule has 0 aliphatic heterocycles. The third-order valence-electron chi connectivity index (χ3n) is 2.75. The fourth-order valence-corrected chi connectivity index (χ4v) is 1.55. The first kappa shape index (κ1) is 16.6. The van der Waals surface area contributed by atoms with Gasteiger partial charge in [-0.25, -0.2) is 4.79 Å². The normalized spacial score (nSPS) is 10.7. The number of nitrogens with one attached hydrogen (secondary N) is 1. The molecule has 0 atom stereocenters. The Kier molecular flexibility index (Phi) is 6.80. The Balaban J connectivity index is 2.67. The van der Waals surface area contributed by atoms with Gasteiger partial charge in [-0.1, -0.05) is 12.1 Å². The lowest BCUT2D eigenvalue weighted by molar-refractivity contribution is -0.139. The van der Waals surface area contributed by atoms with Crippen LogP contribution >= 0.6 is 0 Å². The predicted octanol–water partition coefficient (Wildman–Crippen LogP) is 1.40. The number of rotatable bonds is 7. The van der Waals surface area contributed by atoms with Crippen LogP contribution in [0.4, 0.5) is 0 Å². The molecule has 0 unspecified atom stereocenters. The Morgan fingerprint density at radius 1 is 1.10 bits per heavy atom. The number of benzene rings is 1. The lowest BCUT2D eigenvalue weighted by Gasteiger charge is -2.10. The first-order valence-electron chi connectivity index (χ1n) is 6.32. The fraction of sp³-hybridized carbons (Fsp3) is 0.333. The van der Waals surface area contributed by atoms with Crippen LogP contribution in [0.1, 0.15) is 12.0 Å². The molecule has 0 fully saturated rings. The van der Waals surface area contributed by atoms with Crippen LogP contribution in [0.3, 0.4) is 0 Å². The summed E-state index contributed by atoms with van der Waals surface area (Å²) in [5.41, 5.74) is 1.18. The highest BCUT2D eigenvalue weighted by Gasteiger charge is 2.10. The van der Waals surface area contributed by atoms with Gasteiger partial charge in [0.1, 0.15) is 11.4 Å². The maximum absolute atomic E-state index is 11.6. The summed E-state index contributed by atoms with van der Waals surface area (Å²) in [6, 6.07) is 7.40. The number of hydrogen-bond acceptors (Lipinski definition) is 6. The second kappa shape index (κ2) is 8.63. The molecule has 0 spiro atoms. The second-order valence-electron chi connectivity index (χ2n) is 4.09. The van der Waals surface area contributed by atoms with Crippen LogP contribution in [0.5, 0.6) is 5.75 Å². The maximum Gasteiger partial charge on any atom is 0.353 e. The van der Waals surface area contributed by atoms with E-state index in [0.717, 1.165) is 11.3 Å². The smallest absolute Gasteiger partial charge is 0.353 e. The highest BCUT2D eigenvalue weighted by molar-refractivity contribution is 5.88. The van der Waals surface area contributed by atoms with Gasteiger partial charge in [-0.2, -0.15) is 0 Å². The molecule has 1 N–H and O–H groups in total. The van der Waals surface area contributed by atoms with Crippen molar-refractivity contribution in [2.24, 2.45) is 0 Å². The van der Waals surface area contributed by atoms with E-state index in [-0.39, 0.29) is 12.1 Å². The van der Waals surface area contributed by atoms with Gasteiger partial charge >= 0.3 is 11.9 Å². The van der Waals surface area contributed by atoms with Gasteiger partial charge in [-0.05, 0) is 23.8 Å². The highest BCUT2D eigenvalue weighted by Crippen LogP contribution is 2.11. The number of hydrogen-bond donors (Lipinski definition) is 1. The monoisotopic (exact) mass is 293 g/mol. The van der Waals surface area contributed by atoms with E-state index < -0.39 is 11.9 Å². The van der Waals surface area contributed by atoms with Crippen molar-refractivity contribution in [1.82, 2.24) is 5.32 Å². The summed E-state index contributed by atoms with van der Waals surface area (Å²) >= 11 is 0. The largest absolute Gasteiger partial charge is 0.497 e. The van der Waals surface area contributed by atoms with Crippen molar-refractivity contribution in [2.45, 2.75) is 13.0 Å². The molecule has 0 heterocycles. The molecule has 0 saturated carbocycles. The zero-order chi connectivity index (χ0) is 15.7. The van der Waals surface area contributed by atoms with Crippen LogP contribution < -0.4 is 10.1 Å². The third-order valence-corrected chi connectivity index (χ3v) is 2.75. The maximum atomic E-state index is 11.6. The molecule has 0 aromatic heterocycles. The van der Waals surface area contributed by atoms with Crippen molar-refractivity contribution < 1.29 is 23.8 Å². The van der Waals surface area contributed by atoms with Gasteiger partial charge in [-0.15, -0.1) is 0 Å². The molecule has 6 heteroatoms. The van der Waals surface area contributed by atoms with Gasteiger partial charge in [0.2, 0.25) is 0 Å². The van der Waals surface area contributed by atoms with Crippen molar-refractivity contribution in [1.29, 1.82) is 0 Å². The summed E-state index contributed by atoms with van der Waals surface area (Å²) in [4.78, 5) is 22.7. The van der Waals surface area contributed by atoms with E-state index in [1.165, 1.54) is 20.3 Å². The van der Waals surface area contributed by atoms with Gasteiger partial charge in [-0.3, -0.25) is 4.79 Å². The van der Waals surface area contributed by atoms with Gasteiger partial charge in [0.05, 0.1) is 27.8 Å². The van der Waals surface area contributed by atoms with E-state index >= 15 is 0 Å².